The summed E-state index contributed by atoms with van der Waals surface area (Å²) in [5, 5.41) is 0. The van der Waals surface area contributed by atoms with E-state index in [-0.39, 0.29) is 29.6 Å². The fourth-order valence-corrected chi connectivity index (χ4v) is 5.36. The summed E-state index contributed by atoms with van der Waals surface area (Å²) < 4.78 is 24.0. The zero-order chi connectivity index (χ0) is 15.4. The van der Waals surface area contributed by atoms with Gasteiger partial charge in [0.05, 0.1) is 23.6 Å². The molecule has 0 unspecified atom stereocenters. The maximum absolute atomic E-state index is 12.7. The van der Waals surface area contributed by atoms with E-state index in [9.17, 15) is 13.2 Å². The van der Waals surface area contributed by atoms with Crippen LogP contribution in [0.4, 0.5) is 10.5 Å². The van der Waals surface area contributed by atoms with E-state index in [1.54, 1.807) is 9.80 Å². The first-order chi connectivity index (χ1) is 9.84. The Kier molecular flexibility index (Phi) is 3.24. The van der Waals surface area contributed by atoms with Crippen LogP contribution in [-0.4, -0.2) is 49.5 Å². The molecular weight excluding hydrogens is 288 g/mol. The fourth-order valence-electron chi connectivity index (χ4n) is 3.41. The van der Waals surface area contributed by atoms with Crippen LogP contribution in [0.25, 0.3) is 0 Å². The minimum absolute atomic E-state index is 0.0628. The molecule has 2 heterocycles. The Morgan fingerprint density at radius 2 is 1.86 bits per heavy atom. The van der Waals surface area contributed by atoms with Gasteiger partial charge in [0.15, 0.2) is 9.84 Å². The molecule has 5 nitrogen and oxygen atoms in total. The van der Waals surface area contributed by atoms with Crippen LogP contribution in [0.15, 0.2) is 18.2 Å². The Morgan fingerprint density at radius 3 is 2.52 bits per heavy atom. The van der Waals surface area contributed by atoms with E-state index < -0.39 is 9.84 Å². The van der Waals surface area contributed by atoms with Crippen molar-refractivity contribution in [2.24, 2.45) is 0 Å². The van der Waals surface area contributed by atoms with Crippen molar-refractivity contribution in [3.05, 3.63) is 29.3 Å². The smallest absolute Gasteiger partial charge is 0.318 e. The number of carbonyl (C=O) groups excluding carboxylic acids is 1. The molecule has 0 spiro atoms. The van der Waals surface area contributed by atoms with Crippen LogP contribution >= 0.6 is 0 Å². The van der Waals surface area contributed by atoms with E-state index in [1.165, 1.54) is 0 Å². The molecule has 0 radical (unpaired) electrons. The summed E-state index contributed by atoms with van der Waals surface area (Å²) in [6.45, 7) is 6.36. The van der Waals surface area contributed by atoms with Crippen LogP contribution in [0.5, 0.6) is 0 Å². The van der Waals surface area contributed by atoms with Gasteiger partial charge in [0.25, 0.3) is 0 Å². The Bertz CT molecular complexity index is 699. The molecule has 2 aliphatic heterocycles. The maximum Gasteiger partial charge on any atom is 0.325 e. The fraction of sp³-hybridized carbons (Fsp3) is 0.533. The van der Waals surface area contributed by atoms with E-state index >= 15 is 0 Å². The van der Waals surface area contributed by atoms with Crippen molar-refractivity contribution in [2.45, 2.75) is 32.9 Å². The third kappa shape index (κ3) is 2.21. The van der Waals surface area contributed by atoms with Crippen molar-refractivity contribution in [3.63, 3.8) is 0 Å². The topological polar surface area (TPSA) is 57.7 Å². The second-order valence-electron chi connectivity index (χ2n) is 5.94. The minimum atomic E-state index is -3.07. The number of sulfone groups is 1. The van der Waals surface area contributed by atoms with Gasteiger partial charge >= 0.3 is 6.03 Å². The van der Waals surface area contributed by atoms with E-state index in [0.717, 1.165) is 16.8 Å². The first kappa shape index (κ1) is 14.4. The van der Waals surface area contributed by atoms with Gasteiger partial charge < -0.3 is 4.90 Å². The lowest BCUT2D eigenvalue weighted by Gasteiger charge is -2.24. The molecule has 114 valence electrons. The maximum atomic E-state index is 12.7. The van der Waals surface area contributed by atoms with Crippen molar-refractivity contribution in [2.75, 3.05) is 23.0 Å². The van der Waals surface area contributed by atoms with Crippen LogP contribution in [0.2, 0.25) is 0 Å². The molecule has 6 heteroatoms. The third-order valence-corrected chi connectivity index (χ3v) is 6.14. The first-order valence-electron chi connectivity index (χ1n) is 7.21. The minimum Gasteiger partial charge on any atom is -0.318 e. The van der Waals surface area contributed by atoms with Crippen molar-refractivity contribution in [3.8, 4) is 0 Å². The van der Waals surface area contributed by atoms with Crippen molar-refractivity contribution in [1.29, 1.82) is 0 Å². The second-order valence-corrected chi connectivity index (χ2v) is 8.09. The lowest BCUT2D eigenvalue weighted by Crippen LogP contribution is -2.38. The lowest BCUT2D eigenvalue weighted by molar-refractivity contribution is 0.212. The molecule has 0 N–H and O–H groups in total. The number of fused-ring (bicyclic) bond motifs is 1. The Hall–Kier alpha value is -1.56. The Labute approximate surface area is 125 Å². The lowest BCUT2D eigenvalue weighted by atomic mass is 10.1. The molecule has 1 aromatic rings. The molecule has 1 aromatic carbocycles. The Balaban J connectivity index is 2.09. The Morgan fingerprint density at radius 1 is 1.19 bits per heavy atom. The highest BCUT2D eigenvalue weighted by molar-refractivity contribution is 7.91. The number of rotatable bonds is 2. The molecule has 0 bridgehead atoms. The molecule has 21 heavy (non-hydrogen) atoms. The molecule has 2 atom stereocenters. The number of aryl methyl sites for hydroxylation is 2. The molecule has 2 fully saturated rings. The quantitative estimate of drug-likeness (QED) is 0.782. The van der Waals surface area contributed by atoms with Gasteiger partial charge in [-0.15, -0.1) is 0 Å². The van der Waals surface area contributed by atoms with E-state index in [1.807, 2.05) is 39.0 Å². The average molecular weight is 308 g/mol. The van der Waals surface area contributed by atoms with Crippen molar-refractivity contribution < 1.29 is 13.2 Å². The number of hydrogen-bond acceptors (Lipinski definition) is 3. The van der Waals surface area contributed by atoms with Crippen LogP contribution < -0.4 is 4.90 Å². The monoisotopic (exact) mass is 308 g/mol. The van der Waals surface area contributed by atoms with Crippen LogP contribution in [0.3, 0.4) is 0 Å². The molecule has 0 saturated carbocycles. The number of amides is 2. The highest BCUT2D eigenvalue weighted by atomic mass is 32.2. The second kappa shape index (κ2) is 4.73. The van der Waals surface area contributed by atoms with E-state index in [2.05, 4.69) is 0 Å². The summed E-state index contributed by atoms with van der Waals surface area (Å²) in [5.41, 5.74) is 2.90. The average Bonchev–Trinajstić information content (AvgIpc) is 2.82. The molecular formula is C15H20N2O3S. The van der Waals surface area contributed by atoms with E-state index in [4.69, 9.17) is 0 Å². The predicted molar refractivity (Wildman–Crippen MR) is 82.4 cm³/mol. The van der Waals surface area contributed by atoms with Gasteiger partial charge in [-0.2, -0.15) is 0 Å². The van der Waals surface area contributed by atoms with Crippen LogP contribution in [-0.2, 0) is 9.84 Å². The van der Waals surface area contributed by atoms with Gasteiger partial charge in [0.1, 0.15) is 0 Å². The number of anilines is 1. The molecule has 0 aliphatic carbocycles. The number of nitrogens with zero attached hydrogens (tertiary/aromatic N) is 2. The summed E-state index contributed by atoms with van der Waals surface area (Å²) in [6, 6.07) is 5.39. The summed E-state index contributed by atoms with van der Waals surface area (Å²) in [4.78, 5) is 16.1. The van der Waals surface area contributed by atoms with Gasteiger partial charge in [-0.3, -0.25) is 4.90 Å². The largest absolute Gasteiger partial charge is 0.325 e. The molecule has 0 aromatic heterocycles. The van der Waals surface area contributed by atoms with Crippen molar-refractivity contribution >= 4 is 21.6 Å². The number of carbonyl (C=O) groups is 1. The van der Waals surface area contributed by atoms with Gasteiger partial charge in [-0.25, -0.2) is 13.2 Å². The number of urea groups is 1. The zero-order valence-electron chi connectivity index (χ0n) is 12.5. The standard InChI is InChI=1S/C15H20N2O3S/c1-4-16-13-8-21(19,20)9-14(13)17(15(16)18)12-7-10(2)5-6-11(12)3/h5-7,13-14H,4,8-9H2,1-3H3/t13-,14+/m0/s1. The summed E-state index contributed by atoms with van der Waals surface area (Å²) in [6.07, 6.45) is 0. The third-order valence-electron chi connectivity index (χ3n) is 4.44. The van der Waals surface area contributed by atoms with Crippen LogP contribution in [0.1, 0.15) is 18.1 Å². The molecule has 2 amide bonds. The predicted octanol–water partition coefficient (Wildman–Crippen LogP) is 1.73. The summed E-state index contributed by atoms with van der Waals surface area (Å²) in [7, 11) is -3.07. The first-order valence-corrected chi connectivity index (χ1v) is 9.03. The summed E-state index contributed by atoms with van der Waals surface area (Å²) in [5.74, 6) is 0.145. The van der Waals surface area contributed by atoms with Gasteiger partial charge in [-0.1, -0.05) is 12.1 Å². The number of likely N-dealkylation sites (N-methyl/N-ethyl adjacent to an activating group) is 1. The number of benzene rings is 1. The molecule has 2 saturated heterocycles. The van der Waals surface area contributed by atoms with Crippen molar-refractivity contribution in [1.82, 2.24) is 4.90 Å². The highest BCUT2D eigenvalue weighted by Gasteiger charge is 2.53. The number of hydrogen-bond donors (Lipinski definition) is 0. The highest BCUT2D eigenvalue weighted by Crippen LogP contribution is 2.36. The molecule has 3 rings (SSSR count). The summed E-state index contributed by atoms with van der Waals surface area (Å²) >= 11 is 0. The zero-order valence-corrected chi connectivity index (χ0v) is 13.4. The van der Waals surface area contributed by atoms with Gasteiger partial charge in [0, 0.05) is 12.2 Å². The van der Waals surface area contributed by atoms with Crippen LogP contribution in [0, 0.1) is 13.8 Å². The van der Waals surface area contributed by atoms with Gasteiger partial charge in [-0.05, 0) is 38.0 Å². The van der Waals surface area contributed by atoms with Gasteiger partial charge in [0.2, 0.25) is 0 Å². The normalized spacial score (nSPS) is 27.3. The SMILES string of the molecule is CCN1C(=O)N(c2cc(C)ccc2C)[C@@H]2CS(=O)(=O)C[C@@H]21. The van der Waals surface area contributed by atoms with E-state index in [0.29, 0.717) is 6.54 Å². The molecule has 2 aliphatic rings.